The molecule has 0 bridgehead atoms. The van der Waals surface area contributed by atoms with Crippen LogP contribution in [0.25, 0.3) is 10.9 Å². The first kappa shape index (κ1) is 9.85. The number of aromatic nitrogens is 1. The first-order valence-electron chi connectivity index (χ1n) is 5.61. The molecule has 2 atom stereocenters. The number of benzene rings is 1. The molecule has 3 rings (SSSR count). The van der Waals surface area contributed by atoms with Gasteiger partial charge in [0, 0.05) is 23.1 Å². The summed E-state index contributed by atoms with van der Waals surface area (Å²) >= 11 is 0. The lowest BCUT2D eigenvalue weighted by molar-refractivity contribution is -0.00436. The Morgan fingerprint density at radius 1 is 1.38 bits per heavy atom. The van der Waals surface area contributed by atoms with Crippen molar-refractivity contribution >= 4 is 10.9 Å². The van der Waals surface area contributed by atoms with Crippen LogP contribution in [-0.2, 0) is 11.2 Å². The summed E-state index contributed by atoms with van der Waals surface area (Å²) in [5.41, 5.74) is 2.84. The standard InChI is InChI=1S/C13H14FNO/c1-7-6-11-12(8(2)16-7)9-4-3-5-10(14)13(9)15-11/h3-5,7-8,15H,6H2,1-2H3. The van der Waals surface area contributed by atoms with Gasteiger partial charge in [-0.05, 0) is 19.9 Å². The maximum atomic E-state index is 13.6. The average Bonchev–Trinajstić information content (AvgIpc) is 2.57. The van der Waals surface area contributed by atoms with Crippen LogP contribution in [-0.4, -0.2) is 11.1 Å². The molecule has 3 heteroatoms. The lowest BCUT2D eigenvalue weighted by Gasteiger charge is -2.25. The van der Waals surface area contributed by atoms with Crippen molar-refractivity contribution in [2.75, 3.05) is 0 Å². The van der Waals surface area contributed by atoms with Crippen LogP contribution in [0.5, 0.6) is 0 Å². The maximum Gasteiger partial charge on any atom is 0.147 e. The Morgan fingerprint density at radius 2 is 2.19 bits per heavy atom. The third kappa shape index (κ3) is 1.28. The van der Waals surface area contributed by atoms with Crippen LogP contribution in [0.3, 0.4) is 0 Å². The molecule has 0 aliphatic carbocycles. The van der Waals surface area contributed by atoms with Crippen molar-refractivity contribution in [1.82, 2.24) is 4.98 Å². The van der Waals surface area contributed by atoms with E-state index in [1.165, 1.54) is 6.07 Å². The van der Waals surface area contributed by atoms with E-state index in [0.717, 1.165) is 23.1 Å². The quantitative estimate of drug-likeness (QED) is 0.722. The van der Waals surface area contributed by atoms with E-state index in [2.05, 4.69) is 4.98 Å². The lowest BCUT2D eigenvalue weighted by Crippen LogP contribution is -2.21. The van der Waals surface area contributed by atoms with E-state index < -0.39 is 0 Å². The predicted molar refractivity (Wildman–Crippen MR) is 60.9 cm³/mol. The molecule has 1 N–H and O–H groups in total. The second-order valence-corrected chi connectivity index (χ2v) is 4.47. The summed E-state index contributed by atoms with van der Waals surface area (Å²) in [5, 5.41) is 0.953. The van der Waals surface area contributed by atoms with Gasteiger partial charge in [-0.25, -0.2) is 4.39 Å². The molecule has 1 aromatic carbocycles. The largest absolute Gasteiger partial charge is 0.370 e. The van der Waals surface area contributed by atoms with E-state index in [1.807, 2.05) is 19.9 Å². The van der Waals surface area contributed by atoms with E-state index in [0.29, 0.717) is 5.52 Å². The highest BCUT2D eigenvalue weighted by molar-refractivity contribution is 5.85. The summed E-state index contributed by atoms with van der Waals surface area (Å²) in [6.45, 7) is 4.06. The highest BCUT2D eigenvalue weighted by Gasteiger charge is 2.26. The molecule has 2 aromatic rings. The third-order valence-electron chi connectivity index (χ3n) is 3.24. The molecule has 2 nitrogen and oxygen atoms in total. The average molecular weight is 219 g/mol. The van der Waals surface area contributed by atoms with Gasteiger partial charge in [0.25, 0.3) is 0 Å². The predicted octanol–water partition coefficient (Wildman–Crippen LogP) is 3.33. The molecule has 2 unspecified atom stereocenters. The Kier molecular flexibility index (Phi) is 2.04. The van der Waals surface area contributed by atoms with Crippen molar-refractivity contribution in [2.45, 2.75) is 32.5 Å². The van der Waals surface area contributed by atoms with E-state index in [-0.39, 0.29) is 18.0 Å². The van der Waals surface area contributed by atoms with Crippen molar-refractivity contribution in [3.63, 3.8) is 0 Å². The molecule has 1 aliphatic rings. The number of halogens is 1. The fraction of sp³-hybridized carbons (Fsp3) is 0.385. The summed E-state index contributed by atoms with van der Waals surface area (Å²) < 4.78 is 19.4. The van der Waals surface area contributed by atoms with Gasteiger partial charge in [0.15, 0.2) is 0 Å². The van der Waals surface area contributed by atoms with Gasteiger partial charge < -0.3 is 9.72 Å². The van der Waals surface area contributed by atoms with E-state index in [1.54, 1.807) is 6.07 Å². The van der Waals surface area contributed by atoms with E-state index in [4.69, 9.17) is 4.74 Å². The maximum absolute atomic E-state index is 13.6. The summed E-state index contributed by atoms with van der Waals surface area (Å²) in [6, 6.07) is 5.18. The minimum absolute atomic E-state index is 0.0364. The van der Waals surface area contributed by atoms with Crippen molar-refractivity contribution in [3.8, 4) is 0 Å². The normalized spacial score (nSPS) is 24.7. The Morgan fingerprint density at radius 3 is 3.00 bits per heavy atom. The summed E-state index contributed by atoms with van der Waals surface area (Å²) in [5.74, 6) is -0.188. The summed E-state index contributed by atoms with van der Waals surface area (Å²) in [7, 11) is 0. The highest BCUT2D eigenvalue weighted by atomic mass is 19.1. The van der Waals surface area contributed by atoms with E-state index in [9.17, 15) is 4.39 Å². The van der Waals surface area contributed by atoms with Crippen LogP contribution in [0.2, 0.25) is 0 Å². The topological polar surface area (TPSA) is 25.0 Å². The van der Waals surface area contributed by atoms with Crippen molar-refractivity contribution < 1.29 is 9.13 Å². The summed E-state index contributed by atoms with van der Waals surface area (Å²) in [6.07, 6.45) is 1.06. The van der Waals surface area contributed by atoms with Crippen LogP contribution < -0.4 is 0 Å². The third-order valence-corrected chi connectivity index (χ3v) is 3.24. The number of H-pyrrole nitrogens is 1. The molecule has 0 amide bonds. The number of nitrogens with one attached hydrogen (secondary N) is 1. The first-order chi connectivity index (χ1) is 7.66. The van der Waals surface area contributed by atoms with Gasteiger partial charge in [-0.2, -0.15) is 0 Å². The van der Waals surface area contributed by atoms with Gasteiger partial charge in [-0.3, -0.25) is 0 Å². The fourth-order valence-electron chi connectivity index (χ4n) is 2.63. The number of hydrogen-bond donors (Lipinski definition) is 1. The molecule has 0 saturated carbocycles. The van der Waals surface area contributed by atoms with Gasteiger partial charge in [0.1, 0.15) is 5.82 Å². The van der Waals surface area contributed by atoms with Gasteiger partial charge in [0.05, 0.1) is 17.7 Å². The zero-order valence-electron chi connectivity index (χ0n) is 9.38. The second-order valence-electron chi connectivity index (χ2n) is 4.47. The number of aromatic amines is 1. The Balaban J connectivity index is 2.30. The zero-order chi connectivity index (χ0) is 11.3. The van der Waals surface area contributed by atoms with Gasteiger partial charge in [-0.1, -0.05) is 12.1 Å². The molecule has 0 radical (unpaired) electrons. The molecule has 2 heterocycles. The van der Waals surface area contributed by atoms with Crippen LogP contribution >= 0.6 is 0 Å². The van der Waals surface area contributed by atoms with Crippen molar-refractivity contribution in [1.29, 1.82) is 0 Å². The second kappa shape index (κ2) is 3.32. The Bertz CT molecular complexity index is 546. The molecule has 0 fully saturated rings. The Hall–Kier alpha value is -1.35. The van der Waals surface area contributed by atoms with Crippen LogP contribution in [0.4, 0.5) is 4.39 Å². The fourth-order valence-corrected chi connectivity index (χ4v) is 2.63. The zero-order valence-corrected chi connectivity index (χ0v) is 9.38. The number of rotatable bonds is 0. The molecule has 84 valence electrons. The first-order valence-corrected chi connectivity index (χ1v) is 5.61. The number of fused-ring (bicyclic) bond motifs is 3. The lowest BCUT2D eigenvalue weighted by atomic mass is 10.00. The molecule has 0 spiro atoms. The molecular formula is C13H14FNO. The van der Waals surface area contributed by atoms with Crippen molar-refractivity contribution in [3.05, 3.63) is 35.3 Å². The van der Waals surface area contributed by atoms with Gasteiger partial charge >= 0.3 is 0 Å². The van der Waals surface area contributed by atoms with E-state index >= 15 is 0 Å². The van der Waals surface area contributed by atoms with Crippen LogP contribution in [0, 0.1) is 5.82 Å². The number of hydrogen-bond acceptors (Lipinski definition) is 1. The molecule has 16 heavy (non-hydrogen) atoms. The molecule has 1 aromatic heterocycles. The highest BCUT2D eigenvalue weighted by Crippen LogP contribution is 2.36. The minimum atomic E-state index is -0.188. The monoisotopic (exact) mass is 219 g/mol. The van der Waals surface area contributed by atoms with Crippen molar-refractivity contribution in [2.24, 2.45) is 0 Å². The summed E-state index contributed by atoms with van der Waals surface area (Å²) in [4.78, 5) is 3.19. The van der Waals surface area contributed by atoms with Crippen LogP contribution in [0.1, 0.15) is 31.2 Å². The Labute approximate surface area is 93.4 Å². The SMILES string of the molecule is CC1Cc2[nH]c3c(F)cccc3c2C(C)O1. The minimum Gasteiger partial charge on any atom is -0.370 e. The van der Waals surface area contributed by atoms with Gasteiger partial charge in [-0.15, -0.1) is 0 Å². The molecule has 0 saturated heterocycles. The number of ether oxygens (including phenoxy) is 1. The van der Waals surface area contributed by atoms with Crippen LogP contribution in [0.15, 0.2) is 18.2 Å². The molecule has 1 aliphatic heterocycles. The molecular weight excluding hydrogens is 205 g/mol. The number of para-hydroxylation sites is 1. The van der Waals surface area contributed by atoms with Gasteiger partial charge in [0.2, 0.25) is 0 Å². The smallest absolute Gasteiger partial charge is 0.147 e.